The number of carbonyl (C=O) groups excluding carboxylic acids is 1. The van der Waals surface area contributed by atoms with Crippen LogP contribution in [0.4, 0.5) is 0 Å². The first-order valence-electron chi connectivity index (χ1n) is 2.26. The van der Waals surface area contributed by atoms with Gasteiger partial charge in [0.1, 0.15) is 0 Å². The molecule has 0 amide bonds. The monoisotopic (exact) mass is 186 g/mol. The Kier molecular flexibility index (Phi) is 3.38. The van der Waals surface area contributed by atoms with Crippen molar-refractivity contribution in [2.24, 2.45) is 11.5 Å². The number of ketones is 1. The summed E-state index contributed by atoms with van der Waals surface area (Å²) < 4.78 is -0.338. The predicted molar refractivity (Wildman–Crippen MR) is 29.8 cm³/mol. The van der Waals surface area contributed by atoms with Crippen molar-refractivity contribution in [1.29, 1.82) is 0 Å². The molecule has 0 spiro atoms. The van der Waals surface area contributed by atoms with Gasteiger partial charge in [0.15, 0.2) is 0 Å². The molecule has 0 heterocycles. The van der Waals surface area contributed by atoms with Crippen LogP contribution in [0.15, 0.2) is 0 Å². The summed E-state index contributed by atoms with van der Waals surface area (Å²) >= 11 is 3.04. The summed E-state index contributed by atoms with van der Waals surface area (Å²) in [6, 6.07) is -1.59. The Morgan fingerprint density at radius 3 is 2.00 bits per heavy atom. The summed E-state index contributed by atoms with van der Waals surface area (Å²) in [5.74, 6) is -2.26. The van der Waals surface area contributed by atoms with E-state index in [0.29, 0.717) is 0 Å². The van der Waals surface area contributed by atoms with Crippen molar-refractivity contribution < 1.29 is 30.3 Å². The van der Waals surface area contributed by atoms with Gasteiger partial charge in [0.2, 0.25) is 0 Å². The van der Waals surface area contributed by atoms with Gasteiger partial charge >= 0.3 is 64.1 Å². The van der Waals surface area contributed by atoms with E-state index in [-0.39, 0.29) is 4.54 Å². The summed E-state index contributed by atoms with van der Waals surface area (Å²) in [6.45, 7) is 0. The van der Waals surface area contributed by atoms with Crippen LogP contribution in [0.2, 0.25) is 0 Å². The number of Topliss-reactive ketones (excluding diaryl/α,β-unsaturated/α-hetero) is 1. The number of hydrogen-bond donors (Lipinski definition) is 3. The summed E-state index contributed by atoms with van der Waals surface area (Å²) in [5.41, 5.74) is 9.76. The van der Waals surface area contributed by atoms with E-state index in [9.17, 15) is 9.59 Å². The average Bonchev–Trinajstić information content (AvgIpc) is 1.84. The van der Waals surface area contributed by atoms with Crippen LogP contribution in [0.25, 0.3) is 0 Å². The second-order valence-corrected chi connectivity index (χ2v) is 2.11. The van der Waals surface area contributed by atoms with Crippen molar-refractivity contribution in [3.05, 3.63) is 0 Å². The normalized spacial score (nSPS) is 12.3. The second kappa shape index (κ2) is 3.58. The van der Waals surface area contributed by atoms with Crippen molar-refractivity contribution in [1.82, 2.24) is 0 Å². The minimum atomic E-state index is -1.59. The fraction of sp³-hybridized carbons (Fsp3) is 0.250. The first-order valence-corrected chi connectivity index (χ1v) is 2.81. The number of hydrogen-bond acceptors (Lipinski definition) is 4. The fourth-order valence-electron chi connectivity index (χ4n) is 0.257. The number of carboxylic acids is 1. The van der Waals surface area contributed by atoms with Gasteiger partial charge in [-0.1, -0.05) is 0 Å². The Morgan fingerprint density at radius 2 is 1.90 bits per heavy atom. The zero-order valence-electron chi connectivity index (χ0n) is 4.85. The first-order chi connectivity index (χ1) is 4.46. The van der Waals surface area contributed by atoms with Gasteiger partial charge in [-0.3, -0.25) is 0 Å². The summed E-state index contributed by atoms with van der Waals surface area (Å²) in [7, 11) is 0. The topological polar surface area (TPSA) is 106 Å². The standard InChI is InChI=1S/C4H6N2O3.Fe/c5-1-2(7)3(6)4(8)9;/h3H,5-6H2,(H,8,9);. The van der Waals surface area contributed by atoms with Crippen molar-refractivity contribution in [3.8, 4) is 0 Å². The SMILES string of the molecule is N[C](=[Fe])C(=O)C(N)C(=O)O. The van der Waals surface area contributed by atoms with Crippen LogP contribution in [0.5, 0.6) is 0 Å². The van der Waals surface area contributed by atoms with Crippen LogP contribution in [-0.2, 0) is 25.2 Å². The van der Waals surface area contributed by atoms with Crippen LogP contribution < -0.4 is 11.5 Å². The molecule has 0 fully saturated rings. The van der Waals surface area contributed by atoms with E-state index in [1.165, 1.54) is 0 Å². The summed E-state index contributed by atoms with van der Waals surface area (Å²) in [4.78, 5) is 20.6. The molecule has 5 nitrogen and oxygen atoms in total. The molecule has 10 heavy (non-hydrogen) atoms. The van der Waals surface area contributed by atoms with E-state index in [1.807, 2.05) is 0 Å². The first kappa shape index (κ1) is 9.45. The third-order valence-corrected chi connectivity index (χ3v) is 1.05. The van der Waals surface area contributed by atoms with Gasteiger partial charge in [-0.25, -0.2) is 0 Å². The van der Waals surface area contributed by atoms with Crippen molar-refractivity contribution in [2.75, 3.05) is 0 Å². The Balaban J connectivity index is 4.22. The van der Waals surface area contributed by atoms with Gasteiger partial charge < -0.3 is 0 Å². The Labute approximate surface area is 64.7 Å². The molecule has 0 saturated carbocycles. The number of nitrogens with two attached hydrogens (primary N) is 2. The van der Waals surface area contributed by atoms with Gasteiger partial charge in [0.05, 0.1) is 0 Å². The number of carbonyl (C=O) groups is 2. The van der Waals surface area contributed by atoms with Gasteiger partial charge in [-0.2, -0.15) is 0 Å². The summed E-state index contributed by atoms with van der Waals surface area (Å²) in [6.07, 6.45) is 0. The van der Waals surface area contributed by atoms with Crippen LogP contribution >= 0.6 is 0 Å². The van der Waals surface area contributed by atoms with Gasteiger partial charge in [-0.05, 0) is 0 Å². The van der Waals surface area contributed by atoms with Crippen molar-refractivity contribution >= 4 is 16.3 Å². The predicted octanol–water partition coefficient (Wildman–Crippen LogP) is -2.40. The van der Waals surface area contributed by atoms with Gasteiger partial charge in [0.25, 0.3) is 0 Å². The molecule has 0 rings (SSSR count). The van der Waals surface area contributed by atoms with E-state index < -0.39 is 17.8 Å². The molecular formula is C4H6FeN2O3. The second-order valence-electron chi connectivity index (χ2n) is 1.51. The molecule has 0 saturated heterocycles. The maximum atomic E-state index is 10.6. The summed E-state index contributed by atoms with van der Waals surface area (Å²) in [5, 5.41) is 8.16. The molecule has 0 aliphatic carbocycles. The van der Waals surface area contributed by atoms with Crippen molar-refractivity contribution in [2.45, 2.75) is 6.04 Å². The van der Waals surface area contributed by atoms with E-state index in [2.05, 4.69) is 15.6 Å². The Hall–Kier alpha value is -0.551. The van der Waals surface area contributed by atoms with E-state index in [4.69, 9.17) is 16.6 Å². The molecule has 0 aliphatic heterocycles. The van der Waals surface area contributed by atoms with Crippen LogP contribution in [0.3, 0.4) is 0 Å². The molecule has 0 aromatic carbocycles. The maximum absolute atomic E-state index is 10.6. The molecule has 0 bridgehead atoms. The fourth-order valence-corrected chi connectivity index (χ4v) is 0.429. The molecule has 1 atom stereocenters. The minimum absolute atomic E-state index is 0.338. The van der Waals surface area contributed by atoms with Crippen LogP contribution in [-0.4, -0.2) is 27.4 Å². The van der Waals surface area contributed by atoms with Gasteiger partial charge in [0, 0.05) is 0 Å². The molecule has 0 aromatic rings. The molecule has 6 heteroatoms. The van der Waals surface area contributed by atoms with Crippen LogP contribution in [0.1, 0.15) is 0 Å². The van der Waals surface area contributed by atoms with Crippen molar-refractivity contribution in [3.63, 3.8) is 0 Å². The number of carboxylic acid groups (broad SMARTS) is 1. The third kappa shape index (κ3) is 2.36. The average molecular weight is 186 g/mol. The quantitative estimate of drug-likeness (QED) is 0.336. The molecule has 1 unspecified atom stereocenters. The zero-order valence-corrected chi connectivity index (χ0v) is 5.95. The van der Waals surface area contributed by atoms with E-state index in [0.717, 1.165) is 0 Å². The number of rotatable bonds is 3. The van der Waals surface area contributed by atoms with Gasteiger partial charge in [-0.15, -0.1) is 0 Å². The molecule has 0 radical (unpaired) electrons. The molecule has 5 N–H and O–H groups in total. The third-order valence-electron chi connectivity index (χ3n) is 0.778. The zero-order chi connectivity index (χ0) is 8.31. The van der Waals surface area contributed by atoms with E-state index >= 15 is 0 Å². The van der Waals surface area contributed by atoms with Crippen LogP contribution in [0, 0.1) is 0 Å². The molecule has 0 aromatic heterocycles. The molecule has 0 aliphatic rings. The molecule has 58 valence electrons. The van der Waals surface area contributed by atoms with E-state index in [1.54, 1.807) is 0 Å². The Bertz CT molecular complexity index is 191. The Morgan fingerprint density at radius 1 is 1.50 bits per heavy atom. The molecular weight excluding hydrogens is 180 g/mol. The number of aliphatic carboxylic acids is 1.